The van der Waals surface area contributed by atoms with E-state index in [0.29, 0.717) is 11.4 Å². The molecule has 3 rings (SSSR count). The van der Waals surface area contributed by atoms with Crippen LogP contribution in [0.25, 0.3) is 5.69 Å². The van der Waals surface area contributed by atoms with Gasteiger partial charge in [-0.15, -0.1) is 0 Å². The first kappa shape index (κ1) is 13.7. The van der Waals surface area contributed by atoms with Crippen molar-refractivity contribution in [2.24, 2.45) is 0 Å². The van der Waals surface area contributed by atoms with Crippen molar-refractivity contribution in [1.29, 1.82) is 0 Å². The second-order valence-corrected chi connectivity index (χ2v) is 5.40. The van der Waals surface area contributed by atoms with Gasteiger partial charge in [-0.25, -0.2) is 9.48 Å². The van der Waals surface area contributed by atoms with Gasteiger partial charge in [0.15, 0.2) is 5.69 Å². The lowest BCUT2D eigenvalue weighted by molar-refractivity contribution is 0.0204. The molecule has 5 nitrogen and oxygen atoms in total. The lowest BCUT2D eigenvalue weighted by atomic mass is 9.98. The SMILES string of the molecule is Nc1ccc(-n2ccc(C(=O)OC3CCCCC3)n2)cc1. The summed E-state index contributed by atoms with van der Waals surface area (Å²) < 4.78 is 7.16. The Bertz CT molecular complexity index is 613. The molecule has 1 aliphatic rings. The van der Waals surface area contributed by atoms with Crippen LogP contribution in [-0.2, 0) is 4.74 Å². The Morgan fingerprint density at radius 1 is 1.14 bits per heavy atom. The topological polar surface area (TPSA) is 70.1 Å². The Hall–Kier alpha value is -2.30. The molecule has 1 saturated carbocycles. The fourth-order valence-corrected chi connectivity index (χ4v) is 2.60. The Labute approximate surface area is 123 Å². The number of ether oxygens (including phenoxy) is 1. The number of nitrogen functional groups attached to an aromatic ring is 1. The van der Waals surface area contributed by atoms with Gasteiger partial charge in [0.1, 0.15) is 6.10 Å². The van der Waals surface area contributed by atoms with Crippen molar-refractivity contribution in [3.8, 4) is 5.69 Å². The molecule has 1 fully saturated rings. The van der Waals surface area contributed by atoms with Crippen molar-refractivity contribution in [2.75, 3.05) is 5.73 Å². The molecule has 0 spiro atoms. The van der Waals surface area contributed by atoms with Gasteiger partial charge in [0.25, 0.3) is 0 Å². The molecule has 2 aromatic rings. The smallest absolute Gasteiger partial charge is 0.359 e. The number of rotatable bonds is 3. The van der Waals surface area contributed by atoms with E-state index in [-0.39, 0.29) is 12.1 Å². The molecular weight excluding hydrogens is 266 g/mol. The maximum absolute atomic E-state index is 12.1. The van der Waals surface area contributed by atoms with Crippen LogP contribution in [0.3, 0.4) is 0 Å². The Kier molecular flexibility index (Phi) is 3.90. The van der Waals surface area contributed by atoms with E-state index >= 15 is 0 Å². The van der Waals surface area contributed by atoms with Crippen molar-refractivity contribution in [1.82, 2.24) is 9.78 Å². The number of nitrogens with two attached hydrogens (primary N) is 1. The first-order chi connectivity index (χ1) is 10.2. The Morgan fingerprint density at radius 3 is 2.57 bits per heavy atom. The summed E-state index contributed by atoms with van der Waals surface area (Å²) in [6, 6.07) is 9.01. The van der Waals surface area contributed by atoms with E-state index in [9.17, 15) is 4.79 Å². The number of hydrogen-bond donors (Lipinski definition) is 1. The van der Waals surface area contributed by atoms with Crippen LogP contribution in [0, 0.1) is 0 Å². The predicted octanol–water partition coefficient (Wildman–Crippen LogP) is 2.94. The van der Waals surface area contributed by atoms with Gasteiger partial charge in [0, 0.05) is 11.9 Å². The maximum Gasteiger partial charge on any atom is 0.359 e. The van der Waals surface area contributed by atoms with Crippen molar-refractivity contribution >= 4 is 11.7 Å². The predicted molar refractivity (Wildman–Crippen MR) is 80.3 cm³/mol. The number of carbonyl (C=O) groups excluding carboxylic acids is 1. The van der Waals surface area contributed by atoms with Gasteiger partial charge < -0.3 is 10.5 Å². The van der Waals surface area contributed by atoms with Gasteiger partial charge >= 0.3 is 5.97 Å². The minimum atomic E-state index is -0.337. The Balaban J connectivity index is 1.69. The molecule has 0 atom stereocenters. The van der Waals surface area contributed by atoms with Crippen LogP contribution < -0.4 is 5.73 Å². The molecule has 2 N–H and O–H groups in total. The second-order valence-electron chi connectivity index (χ2n) is 5.40. The molecule has 0 aliphatic heterocycles. The summed E-state index contributed by atoms with van der Waals surface area (Å²) in [5, 5.41) is 4.28. The number of carbonyl (C=O) groups is 1. The maximum atomic E-state index is 12.1. The van der Waals surface area contributed by atoms with Gasteiger partial charge in [-0.2, -0.15) is 5.10 Å². The lowest BCUT2D eigenvalue weighted by Gasteiger charge is -2.21. The second kappa shape index (κ2) is 5.99. The normalized spacial score (nSPS) is 15.8. The highest BCUT2D eigenvalue weighted by atomic mass is 16.5. The third-order valence-electron chi connectivity index (χ3n) is 3.78. The standard InChI is InChI=1S/C16H19N3O2/c17-12-6-8-13(9-7-12)19-11-10-15(18-19)16(20)21-14-4-2-1-3-5-14/h6-11,14H,1-5,17H2. The monoisotopic (exact) mass is 285 g/mol. The molecule has 1 aromatic carbocycles. The molecular formula is C16H19N3O2. The minimum absolute atomic E-state index is 0.0490. The van der Waals surface area contributed by atoms with Crippen LogP contribution >= 0.6 is 0 Å². The van der Waals surface area contributed by atoms with Gasteiger partial charge in [-0.05, 0) is 56.0 Å². The summed E-state index contributed by atoms with van der Waals surface area (Å²) in [4.78, 5) is 12.1. The first-order valence-corrected chi connectivity index (χ1v) is 7.35. The van der Waals surface area contributed by atoms with Crippen molar-refractivity contribution < 1.29 is 9.53 Å². The van der Waals surface area contributed by atoms with Crippen LogP contribution in [0.5, 0.6) is 0 Å². The van der Waals surface area contributed by atoms with Crippen molar-refractivity contribution in [3.05, 3.63) is 42.2 Å². The van der Waals surface area contributed by atoms with Crippen LogP contribution in [-0.4, -0.2) is 21.9 Å². The largest absolute Gasteiger partial charge is 0.458 e. The lowest BCUT2D eigenvalue weighted by Crippen LogP contribution is -2.21. The van der Waals surface area contributed by atoms with Crippen LogP contribution in [0.15, 0.2) is 36.5 Å². The van der Waals surface area contributed by atoms with E-state index in [1.54, 1.807) is 29.1 Å². The first-order valence-electron chi connectivity index (χ1n) is 7.35. The molecule has 1 heterocycles. The van der Waals surface area contributed by atoms with Crippen LogP contribution in [0.4, 0.5) is 5.69 Å². The van der Waals surface area contributed by atoms with E-state index < -0.39 is 0 Å². The fourth-order valence-electron chi connectivity index (χ4n) is 2.60. The van der Waals surface area contributed by atoms with Gasteiger partial charge in [-0.3, -0.25) is 0 Å². The van der Waals surface area contributed by atoms with Gasteiger partial charge in [0.2, 0.25) is 0 Å². The highest BCUT2D eigenvalue weighted by Gasteiger charge is 2.20. The average molecular weight is 285 g/mol. The quantitative estimate of drug-likeness (QED) is 0.695. The van der Waals surface area contributed by atoms with Crippen LogP contribution in [0.1, 0.15) is 42.6 Å². The van der Waals surface area contributed by atoms with Crippen molar-refractivity contribution in [3.63, 3.8) is 0 Å². The summed E-state index contributed by atoms with van der Waals surface area (Å²) in [6.45, 7) is 0. The molecule has 0 radical (unpaired) electrons. The highest BCUT2D eigenvalue weighted by molar-refractivity contribution is 5.87. The van der Waals surface area contributed by atoms with E-state index in [0.717, 1.165) is 31.4 Å². The third-order valence-corrected chi connectivity index (χ3v) is 3.78. The Morgan fingerprint density at radius 2 is 1.86 bits per heavy atom. The number of esters is 1. The van der Waals surface area contributed by atoms with Gasteiger partial charge in [-0.1, -0.05) is 6.42 Å². The van der Waals surface area contributed by atoms with E-state index in [1.807, 2.05) is 12.1 Å². The number of benzene rings is 1. The fraction of sp³-hybridized carbons (Fsp3) is 0.375. The summed E-state index contributed by atoms with van der Waals surface area (Å²) in [5.41, 5.74) is 7.56. The van der Waals surface area contributed by atoms with Gasteiger partial charge in [0.05, 0.1) is 5.69 Å². The third kappa shape index (κ3) is 3.24. The summed E-state index contributed by atoms with van der Waals surface area (Å²) >= 11 is 0. The molecule has 21 heavy (non-hydrogen) atoms. The molecule has 0 unspecified atom stereocenters. The van der Waals surface area contributed by atoms with E-state index in [4.69, 9.17) is 10.5 Å². The highest BCUT2D eigenvalue weighted by Crippen LogP contribution is 2.21. The zero-order valence-electron chi connectivity index (χ0n) is 11.9. The number of hydrogen-bond acceptors (Lipinski definition) is 4. The molecule has 0 bridgehead atoms. The van der Waals surface area contributed by atoms with E-state index in [2.05, 4.69) is 5.10 Å². The summed E-state index contributed by atoms with van der Waals surface area (Å²) in [5.74, 6) is -0.337. The molecule has 0 amide bonds. The summed E-state index contributed by atoms with van der Waals surface area (Å²) in [7, 11) is 0. The summed E-state index contributed by atoms with van der Waals surface area (Å²) in [6.07, 6.45) is 7.24. The van der Waals surface area contributed by atoms with Crippen molar-refractivity contribution in [2.45, 2.75) is 38.2 Å². The molecule has 1 aromatic heterocycles. The number of anilines is 1. The molecule has 110 valence electrons. The minimum Gasteiger partial charge on any atom is -0.458 e. The molecule has 5 heteroatoms. The molecule has 0 saturated heterocycles. The number of aromatic nitrogens is 2. The number of nitrogens with zero attached hydrogens (tertiary/aromatic N) is 2. The molecule has 1 aliphatic carbocycles. The zero-order chi connectivity index (χ0) is 14.7. The zero-order valence-corrected chi connectivity index (χ0v) is 11.9. The average Bonchev–Trinajstić information content (AvgIpc) is 2.99. The van der Waals surface area contributed by atoms with E-state index in [1.165, 1.54) is 6.42 Å². The van der Waals surface area contributed by atoms with Crippen LogP contribution in [0.2, 0.25) is 0 Å².